The van der Waals surface area contributed by atoms with Gasteiger partial charge in [0.15, 0.2) is 0 Å². The van der Waals surface area contributed by atoms with Crippen molar-refractivity contribution >= 4 is 27.8 Å². The number of nitrogens with zero attached hydrogens (tertiary/aromatic N) is 1. The van der Waals surface area contributed by atoms with Crippen molar-refractivity contribution in [1.82, 2.24) is 0 Å². The van der Waals surface area contributed by atoms with Crippen LogP contribution in [-0.4, -0.2) is 6.21 Å². The van der Waals surface area contributed by atoms with Crippen molar-refractivity contribution in [2.45, 2.75) is 6.42 Å². The molecule has 1 heterocycles. The summed E-state index contributed by atoms with van der Waals surface area (Å²) in [5.74, 6) is 0. The van der Waals surface area contributed by atoms with Crippen LogP contribution in [0.4, 0.5) is 0 Å². The van der Waals surface area contributed by atoms with Gasteiger partial charge >= 0.3 is 0 Å². The highest BCUT2D eigenvalue weighted by molar-refractivity contribution is 9.10. The molecule has 0 fully saturated rings. The van der Waals surface area contributed by atoms with Crippen LogP contribution in [0.5, 0.6) is 0 Å². The Morgan fingerprint density at radius 2 is 2.25 bits per heavy atom. The summed E-state index contributed by atoms with van der Waals surface area (Å²) in [5, 5.41) is 0. The fraction of sp³-hybridized carbons (Fsp3) is 0.100. The lowest BCUT2D eigenvalue weighted by Gasteiger charge is -1.98. The van der Waals surface area contributed by atoms with Crippen molar-refractivity contribution in [1.29, 1.82) is 0 Å². The average Bonchev–Trinajstić information content (AvgIpc) is 2.56. The standard InChI is InChI=1S/C10H8BrN/c11-9-4-1-3-8(7-9)10-5-2-6-12-10/h1,3-7H,2H2. The van der Waals surface area contributed by atoms with E-state index in [1.807, 2.05) is 18.3 Å². The first kappa shape index (κ1) is 7.74. The highest BCUT2D eigenvalue weighted by Crippen LogP contribution is 2.22. The number of halogens is 1. The maximum absolute atomic E-state index is 4.26. The normalized spacial score (nSPS) is 14.9. The highest BCUT2D eigenvalue weighted by atomic mass is 79.9. The quantitative estimate of drug-likeness (QED) is 0.691. The molecule has 60 valence electrons. The van der Waals surface area contributed by atoms with Gasteiger partial charge < -0.3 is 0 Å². The smallest absolute Gasteiger partial charge is 0.0662 e. The molecular weight excluding hydrogens is 214 g/mol. The van der Waals surface area contributed by atoms with E-state index in [1.54, 1.807) is 0 Å². The topological polar surface area (TPSA) is 12.4 Å². The molecule has 2 rings (SSSR count). The molecule has 0 radical (unpaired) electrons. The molecule has 1 aromatic carbocycles. The molecule has 0 saturated carbocycles. The summed E-state index contributed by atoms with van der Waals surface area (Å²) in [7, 11) is 0. The van der Waals surface area contributed by atoms with Gasteiger partial charge in [0, 0.05) is 22.7 Å². The molecule has 0 unspecified atom stereocenters. The molecule has 1 aliphatic heterocycles. The Morgan fingerprint density at radius 1 is 1.33 bits per heavy atom. The second-order valence-electron chi connectivity index (χ2n) is 2.65. The lowest BCUT2D eigenvalue weighted by molar-refractivity contribution is 1.51. The Morgan fingerprint density at radius 3 is 2.92 bits per heavy atom. The van der Waals surface area contributed by atoms with Gasteiger partial charge in [0.25, 0.3) is 0 Å². The molecule has 0 spiro atoms. The van der Waals surface area contributed by atoms with Crippen molar-refractivity contribution in [3.8, 4) is 0 Å². The van der Waals surface area contributed by atoms with Crippen LogP contribution in [0.3, 0.4) is 0 Å². The zero-order chi connectivity index (χ0) is 8.39. The Balaban J connectivity index is 2.40. The van der Waals surface area contributed by atoms with Crippen molar-refractivity contribution < 1.29 is 0 Å². The molecule has 0 aromatic heterocycles. The largest absolute Gasteiger partial charge is 0.261 e. The lowest BCUT2D eigenvalue weighted by Crippen LogP contribution is -1.77. The zero-order valence-electron chi connectivity index (χ0n) is 6.50. The minimum absolute atomic E-state index is 0.960. The minimum atomic E-state index is 0.960. The molecule has 0 atom stereocenters. The summed E-state index contributed by atoms with van der Waals surface area (Å²) >= 11 is 3.43. The molecule has 0 bridgehead atoms. The van der Waals surface area contributed by atoms with Crippen LogP contribution in [0.2, 0.25) is 0 Å². The lowest BCUT2D eigenvalue weighted by atomic mass is 10.1. The number of hydrogen-bond donors (Lipinski definition) is 0. The fourth-order valence-corrected chi connectivity index (χ4v) is 1.61. The zero-order valence-corrected chi connectivity index (χ0v) is 8.08. The van der Waals surface area contributed by atoms with Crippen LogP contribution in [0.25, 0.3) is 5.70 Å². The minimum Gasteiger partial charge on any atom is -0.261 e. The van der Waals surface area contributed by atoms with Crippen molar-refractivity contribution in [3.05, 3.63) is 40.4 Å². The average molecular weight is 222 g/mol. The first-order valence-electron chi connectivity index (χ1n) is 3.85. The van der Waals surface area contributed by atoms with E-state index < -0.39 is 0 Å². The summed E-state index contributed by atoms with van der Waals surface area (Å²) in [5.41, 5.74) is 2.26. The number of rotatable bonds is 1. The number of aliphatic imine (C=N–C) groups is 1. The van der Waals surface area contributed by atoms with Crippen molar-refractivity contribution in [2.75, 3.05) is 0 Å². The first-order chi connectivity index (χ1) is 5.86. The van der Waals surface area contributed by atoms with Crippen LogP contribution in [0.15, 0.2) is 39.8 Å². The SMILES string of the molecule is Brc1cccc(C2=CCC=N2)c1. The van der Waals surface area contributed by atoms with Gasteiger partial charge in [-0.25, -0.2) is 0 Å². The van der Waals surface area contributed by atoms with Crippen LogP contribution < -0.4 is 0 Å². The summed E-state index contributed by atoms with van der Waals surface area (Å²) in [4.78, 5) is 4.26. The number of benzene rings is 1. The predicted molar refractivity (Wildman–Crippen MR) is 55.2 cm³/mol. The molecule has 0 saturated heterocycles. The third-order valence-corrected chi connectivity index (χ3v) is 2.26. The molecule has 1 aromatic rings. The van der Waals surface area contributed by atoms with E-state index in [9.17, 15) is 0 Å². The van der Waals surface area contributed by atoms with Crippen molar-refractivity contribution in [3.63, 3.8) is 0 Å². The molecule has 1 aliphatic rings. The van der Waals surface area contributed by atoms with E-state index in [0.29, 0.717) is 0 Å². The highest BCUT2D eigenvalue weighted by Gasteiger charge is 2.02. The van der Waals surface area contributed by atoms with E-state index in [4.69, 9.17) is 0 Å². The Hall–Kier alpha value is -0.890. The maximum Gasteiger partial charge on any atom is 0.0662 e. The monoisotopic (exact) mass is 221 g/mol. The Bertz CT molecular complexity index is 353. The van der Waals surface area contributed by atoms with Crippen LogP contribution >= 0.6 is 15.9 Å². The summed E-state index contributed by atoms with van der Waals surface area (Å²) in [6, 6.07) is 8.19. The van der Waals surface area contributed by atoms with Gasteiger partial charge in [-0.1, -0.05) is 34.1 Å². The molecular formula is C10H8BrN. The first-order valence-corrected chi connectivity index (χ1v) is 4.64. The predicted octanol–water partition coefficient (Wildman–Crippen LogP) is 3.26. The number of hydrogen-bond acceptors (Lipinski definition) is 1. The van der Waals surface area contributed by atoms with E-state index >= 15 is 0 Å². The van der Waals surface area contributed by atoms with Gasteiger partial charge in [-0.2, -0.15) is 0 Å². The number of allylic oxidation sites excluding steroid dienone is 1. The molecule has 0 aliphatic carbocycles. The Kier molecular flexibility index (Phi) is 2.09. The third kappa shape index (κ3) is 1.48. The van der Waals surface area contributed by atoms with E-state index in [2.05, 4.69) is 39.1 Å². The third-order valence-electron chi connectivity index (χ3n) is 1.77. The molecule has 12 heavy (non-hydrogen) atoms. The van der Waals surface area contributed by atoms with Gasteiger partial charge in [0.05, 0.1) is 5.70 Å². The Labute approximate surface area is 80.0 Å². The van der Waals surface area contributed by atoms with Gasteiger partial charge in [-0.15, -0.1) is 0 Å². The fourth-order valence-electron chi connectivity index (χ4n) is 1.21. The molecule has 1 nitrogen and oxygen atoms in total. The van der Waals surface area contributed by atoms with Gasteiger partial charge in [-0.3, -0.25) is 4.99 Å². The van der Waals surface area contributed by atoms with Crippen LogP contribution in [-0.2, 0) is 0 Å². The van der Waals surface area contributed by atoms with Crippen LogP contribution in [0.1, 0.15) is 12.0 Å². The molecule has 0 N–H and O–H groups in total. The van der Waals surface area contributed by atoms with Gasteiger partial charge in [-0.05, 0) is 12.1 Å². The summed E-state index contributed by atoms with van der Waals surface area (Å²) in [6.45, 7) is 0. The van der Waals surface area contributed by atoms with E-state index in [1.165, 1.54) is 5.56 Å². The van der Waals surface area contributed by atoms with E-state index in [-0.39, 0.29) is 0 Å². The van der Waals surface area contributed by atoms with Crippen molar-refractivity contribution in [2.24, 2.45) is 4.99 Å². The second-order valence-corrected chi connectivity index (χ2v) is 3.56. The van der Waals surface area contributed by atoms with E-state index in [0.717, 1.165) is 16.6 Å². The molecule has 0 amide bonds. The summed E-state index contributed by atoms with van der Waals surface area (Å²) < 4.78 is 1.10. The maximum atomic E-state index is 4.26. The second kappa shape index (κ2) is 3.23. The van der Waals surface area contributed by atoms with Gasteiger partial charge in [0.1, 0.15) is 0 Å². The van der Waals surface area contributed by atoms with Crippen LogP contribution in [0, 0.1) is 0 Å². The molecule has 2 heteroatoms. The summed E-state index contributed by atoms with van der Waals surface area (Å²) in [6.07, 6.45) is 5.01. The van der Waals surface area contributed by atoms with Gasteiger partial charge in [0.2, 0.25) is 0 Å².